The number of hydrogen-bond acceptors (Lipinski definition) is 3. The van der Waals surface area contributed by atoms with Crippen molar-refractivity contribution in [2.24, 2.45) is 11.8 Å². The van der Waals surface area contributed by atoms with Crippen LogP contribution in [0.25, 0.3) is 0 Å². The van der Waals surface area contributed by atoms with Gasteiger partial charge in [0.2, 0.25) is 5.78 Å². The minimum Gasteiger partial charge on any atom is -0.465 e. The molecule has 0 aromatic carbocycles. The van der Waals surface area contributed by atoms with Crippen molar-refractivity contribution >= 4 is 11.8 Å². The van der Waals surface area contributed by atoms with Gasteiger partial charge in [-0.1, -0.05) is 13.8 Å². The van der Waals surface area contributed by atoms with Crippen molar-refractivity contribution < 1.29 is 19.2 Å². The predicted octanol–water partition coefficient (Wildman–Crippen LogP) is 1.16. The first kappa shape index (κ1) is 16.7. The number of ether oxygens (including phenoxy) is 1. The molecular formula is C17H27N2O3+. The number of rotatable bonds is 4. The maximum absolute atomic E-state index is 12.6. The Bertz CT molecular complexity index is 567. The van der Waals surface area contributed by atoms with Crippen LogP contribution in [0.5, 0.6) is 0 Å². The van der Waals surface area contributed by atoms with Crippen LogP contribution in [0.15, 0.2) is 0 Å². The summed E-state index contributed by atoms with van der Waals surface area (Å²) < 4.78 is 4.79. The molecule has 22 heavy (non-hydrogen) atoms. The highest BCUT2D eigenvalue weighted by Crippen LogP contribution is 2.19. The number of aromatic nitrogens is 1. The molecule has 0 spiro atoms. The highest BCUT2D eigenvalue weighted by Gasteiger charge is 2.29. The molecule has 2 rings (SSSR count). The lowest BCUT2D eigenvalue weighted by molar-refractivity contribution is -0.903. The Kier molecular flexibility index (Phi) is 5.06. The lowest BCUT2D eigenvalue weighted by Gasteiger charge is -2.31. The molecule has 3 atom stereocenters. The van der Waals surface area contributed by atoms with E-state index in [1.165, 1.54) is 18.4 Å². The molecule has 1 unspecified atom stereocenters. The number of nitrogens with one attached hydrogen (secondary N) is 2. The van der Waals surface area contributed by atoms with Crippen molar-refractivity contribution in [3.05, 3.63) is 22.5 Å². The van der Waals surface area contributed by atoms with Crippen molar-refractivity contribution in [2.45, 2.75) is 34.1 Å². The van der Waals surface area contributed by atoms with E-state index < -0.39 is 5.97 Å². The maximum Gasteiger partial charge on any atom is 0.339 e. The van der Waals surface area contributed by atoms with Gasteiger partial charge in [0, 0.05) is 17.5 Å². The number of methoxy groups -OCH3 is 1. The Morgan fingerprint density at radius 1 is 1.23 bits per heavy atom. The van der Waals surface area contributed by atoms with Gasteiger partial charge in [-0.2, -0.15) is 0 Å². The topological polar surface area (TPSA) is 63.6 Å². The standard InChI is InChI=1S/C17H26N2O3/c1-10-6-11(2)8-19(7-10)9-14(20)16-12(3)15(13(4)18-16)17(21)22-5/h10-11,18H,6-9H2,1-5H3/p+1/t10-,11+. The summed E-state index contributed by atoms with van der Waals surface area (Å²) in [6.07, 6.45) is 1.24. The minimum atomic E-state index is -0.391. The van der Waals surface area contributed by atoms with Gasteiger partial charge < -0.3 is 14.6 Å². The summed E-state index contributed by atoms with van der Waals surface area (Å²) in [6.45, 7) is 10.7. The van der Waals surface area contributed by atoms with Gasteiger partial charge in [-0.05, 0) is 25.8 Å². The number of likely N-dealkylation sites (tertiary alicyclic amines) is 1. The summed E-state index contributed by atoms with van der Waals surface area (Å²) in [5.41, 5.74) is 2.44. The summed E-state index contributed by atoms with van der Waals surface area (Å²) in [6, 6.07) is 0. The average molecular weight is 307 g/mol. The zero-order chi connectivity index (χ0) is 16.4. The van der Waals surface area contributed by atoms with E-state index in [9.17, 15) is 9.59 Å². The Hall–Kier alpha value is -1.62. The maximum atomic E-state index is 12.6. The van der Waals surface area contributed by atoms with Gasteiger partial charge in [-0.3, -0.25) is 4.79 Å². The fourth-order valence-corrected chi connectivity index (χ4v) is 3.82. The second-order valence-corrected chi connectivity index (χ2v) is 6.82. The molecule has 2 heterocycles. The number of Topliss-reactive ketones (excluding diaryl/α,β-unsaturated/α-hetero) is 1. The van der Waals surface area contributed by atoms with Crippen LogP contribution >= 0.6 is 0 Å². The van der Waals surface area contributed by atoms with Gasteiger partial charge in [-0.15, -0.1) is 0 Å². The normalized spacial score (nSPS) is 25.0. The molecular weight excluding hydrogens is 280 g/mol. The molecule has 1 saturated heterocycles. The highest BCUT2D eigenvalue weighted by molar-refractivity contribution is 6.01. The lowest BCUT2D eigenvalue weighted by atomic mass is 9.91. The van der Waals surface area contributed by atoms with E-state index >= 15 is 0 Å². The Morgan fingerprint density at radius 2 is 1.82 bits per heavy atom. The molecule has 2 N–H and O–H groups in total. The molecule has 122 valence electrons. The van der Waals surface area contributed by atoms with E-state index in [0.717, 1.165) is 13.1 Å². The van der Waals surface area contributed by atoms with E-state index in [4.69, 9.17) is 4.74 Å². The van der Waals surface area contributed by atoms with Gasteiger partial charge in [0.05, 0.1) is 31.5 Å². The Labute approximate surface area is 132 Å². The molecule has 1 aliphatic heterocycles. The molecule has 0 saturated carbocycles. The smallest absolute Gasteiger partial charge is 0.339 e. The molecule has 0 amide bonds. The van der Waals surface area contributed by atoms with Crippen molar-refractivity contribution in [1.82, 2.24) is 4.98 Å². The lowest BCUT2D eigenvalue weighted by Crippen LogP contribution is -3.15. The van der Waals surface area contributed by atoms with Crippen molar-refractivity contribution in [2.75, 3.05) is 26.7 Å². The minimum absolute atomic E-state index is 0.0760. The third-order valence-corrected chi connectivity index (χ3v) is 4.60. The number of ketones is 1. The highest BCUT2D eigenvalue weighted by atomic mass is 16.5. The predicted molar refractivity (Wildman–Crippen MR) is 84.4 cm³/mol. The van der Waals surface area contributed by atoms with Crippen LogP contribution in [0, 0.1) is 25.7 Å². The number of carbonyl (C=O) groups excluding carboxylic acids is 2. The quantitative estimate of drug-likeness (QED) is 0.648. The van der Waals surface area contributed by atoms with Gasteiger partial charge in [0.1, 0.15) is 6.54 Å². The SMILES string of the molecule is COC(=O)c1c(C)[nH]c(C(=O)C[NH+]2C[C@H](C)C[C@H](C)C2)c1C. The molecule has 1 aromatic heterocycles. The molecule has 0 aliphatic carbocycles. The molecule has 1 aliphatic rings. The number of carbonyl (C=O) groups is 2. The Morgan fingerprint density at radius 3 is 2.36 bits per heavy atom. The van der Waals surface area contributed by atoms with Crippen LogP contribution in [0.3, 0.4) is 0 Å². The second kappa shape index (κ2) is 6.65. The van der Waals surface area contributed by atoms with Gasteiger partial charge in [0.25, 0.3) is 0 Å². The summed E-state index contributed by atoms with van der Waals surface area (Å²) in [4.78, 5) is 28.8. The fourth-order valence-electron chi connectivity index (χ4n) is 3.82. The molecule has 0 bridgehead atoms. The largest absolute Gasteiger partial charge is 0.465 e. The number of hydrogen-bond donors (Lipinski definition) is 2. The first-order valence-corrected chi connectivity index (χ1v) is 7.97. The number of aryl methyl sites for hydroxylation is 1. The second-order valence-electron chi connectivity index (χ2n) is 6.82. The Balaban J connectivity index is 2.15. The summed E-state index contributed by atoms with van der Waals surface area (Å²) in [5.74, 6) is 0.997. The zero-order valence-corrected chi connectivity index (χ0v) is 14.2. The van der Waals surface area contributed by atoms with Crippen LogP contribution < -0.4 is 4.90 Å². The first-order chi connectivity index (χ1) is 10.3. The van der Waals surface area contributed by atoms with E-state index in [-0.39, 0.29) is 5.78 Å². The van der Waals surface area contributed by atoms with E-state index in [0.29, 0.717) is 40.9 Å². The monoisotopic (exact) mass is 307 g/mol. The van der Waals surface area contributed by atoms with E-state index in [2.05, 4.69) is 18.8 Å². The molecule has 1 aromatic rings. The van der Waals surface area contributed by atoms with Crippen molar-refractivity contribution in [1.29, 1.82) is 0 Å². The third kappa shape index (κ3) is 3.40. The number of esters is 1. The molecule has 1 fully saturated rings. The fraction of sp³-hybridized carbons (Fsp3) is 0.647. The zero-order valence-electron chi connectivity index (χ0n) is 14.2. The van der Waals surface area contributed by atoms with E-state index in [1.54, 1.807) is 13.8 Å². The first-order valence-electron chi connectivity index (χ1n) is 7.97. The van der Waals surface area contributed by atoms with Crippen molar-refractivity contribution in [3.63, 3.8) is 0 Å². The number of piperidine rings is 1. The van der Waals surface area contributed by atoms with Gasteiger partial charge in [0.15, 0.2) is 0 Å². The third-order valence-electron chi connectivity index (χ3n) is 4.60. The van der Waals surface area contributed by atoms with Crippen LogP contribution in [-0.2, 0) is 4.74 Å². The summed E-state index contributed by atoms with van der Waals surface area (Å²) in [7, 11) is 1.36. The van der Waals surface area contributed by atoms with Gasteiger partial charge >= 0.3 is 5.97 Å². The van der Waals surface area contributed by atoms with Crippen LogP contribution in [0.2, 0.25) is 0 Å². The molecule has 0 radical (unpaired) electrons. The summed E-state index contributed by atoms with van der Waals surface area (Å²) in [5, 5.41) is 0. The van der Waals surface area contributed by atoms with Crippen molar-refractivity contribution in [3.8, 4) is 0 Å². The van der Waals surface area contributed by atoms with Crippen LogP contribution in [0.1, 0.15) is 52.4 Å². The number of H-pyrrole nitrogens is 1. The van der Waals surface area contributed by atoms with Crippen LogP contribution in [-0.4, -0.2) is 43.5 Å². The van der Waals surface area contributed by atoms with Crippen LogP contribution in [0.4, 0.5) is 0 Å². The average Bonchev–Trinajstić information content (AvgIpc) is 2.72. The van der Waals surface area contributed by atoms with Gasteiger partial charge in [-0.25, -0.2) is 4.79 Å². The van der Waals surface area contributed by atoms with E-state index in [1.807, 2.05) is 0 Å². The summed E-state index contributed by atoms with van der Waals surface area (Å²) >= 11 is 0. The molecule has 5 nitrogen and oxygen atoms in total. The molecule has 5 heteroatoms. The number of quaternary nitrogens is 1. The number of aromatic amines is 1.